The van der Waals surface area contributed by atoms with Crippen molar-refractivity contribution < 1.29 is 17.9 Å². The zero-order valence-corrected chi connectivity index (χ0v) is 12.4. The second-order valence-electron chi connectivity index (χ2n) is 4.56. The number of ketones is 1. The van der Waals surface area contributed by atoms with Crippen LogP contribution in [0.4, 0.5) is 0 Å². The van der Waals surface area contributed by atoms with Crippen molar-refractivity contribution in [3.63, 3.8) is 0 Å². The molecule has 1 aromatic rings. The van der Waals surface area contributed by atoms with E-state index in [0.29, 0.717) is 12.2 Å². The van der Waals surface area contributed by atoms with E-state index in [-0.39, 0.29) is 13.0 Å². The molecule has 6 heteroatoms. The van der Waals surface area contributed by atoms with Gasteiger partial charge in [-0.3, -0.25) is 4.79 Å². The summed E-state index contributed by atoms with van der Waals surface area (Å²) in [4.78, 5) is 12.2. The number of carbonyl (C=O) groups is 1. The van der Waals surface area contributed by atoms with Gasteiger partial charge >= 0.3 is 0 Å². The second kappa shape index (κ2) is 8.14. The molecular formula is C14H21NO4S. The van der Waals surface area contributed by atoms with Gasteiger partial charge in [0.05, 0.1) is 0 Å². The summed E-state index contributed by atoms with van der Waals surface area (Å²) in [6.45, 7) is 2.81. The van der Waals surface area contributed by atoms with Crippen molar-refractivity contribution in [2.45, 2.75) is 31.4 Å². The number of nitrogens with two attached hydrogens (primary N) is 1. The maximum atomic E-state index is 12.2. The molecule has 0 aliphatic heterocycles. The summed E-state index contributed by atoms with van der Waals surface area (Å²) in [6.07, 6.45) is 1.99. The fraction of sp³-hybridized carbons (Fsp3) is 0.500. The smallest absolute Gasteiger partial charge is 0.219 e. The number of carbonyl (C=O) groups excluding carboxylic acids is 1. The standard InChI is InChI=1S/C14H21NO4S/c1-2-3-10-19-11-9-13(20(15,17)18)14(16)12-7-5-4-6-8-12/h4-8,13H,2-3,9-11H2,1H3,(H2,15,17,18). The largest absolute Gasteiger partial charge is 0.381 e. The van der Waals surface area contributed by atoms with Crippen molar-refractivity contribution in [1.82, 2.24) is 0 Å². The fourth-order valence-electron chi connectivity index (χ4n) is 1.77. The molecule has 5 nitrogen and oxygen atoms in total. The fourth-order valence-corrected chi connectivity index (χ4v) is 2.63. The van der Waals surface area contributed by atoms with Crippen molar-refractivity contribution in [3.8, 4) is 0 Å². The predicted octanol–water partition coefficient (Wildman–Crippen LogP) is 1.73. The molecular weight excluding hydrogens is 278 g/mol. The Morgan fingerprint density at radius 3 is 2.45 bits per heavy atom. The Morgan fingerprint density at radius 1 is 1.25 bits per heavy atom. The van der Waals surface area contributed by atoms with Crippen LogP contribution in [0.3, 0.4) is 0 Å². The van der Waals surface area contributed by atoms with E-state index in [4.69, 9.17) is 9.88 Å². The van der Waals surface area contributed by atoms with E-state index in [1.165, 1.54) is 0 Å². The number of hydrogen-bond donors (Lipinski definition) is 1. The highest BCUT2D eigenvalue weighted by atomic mass is 32.2. The number of Topliss-reactive ketones (excluding diaryl/α,β-unsaturated/α-hetero) is 1. The first-order valence-corrected chi connectivity index (χ1v) is 8.26. The van der Waals surface area contributed by atoms with Gasteiger partial charge in [0.15, 0.2) is 5.78 Å². The molecule has 0 radical (unpaired) electrons. The van der Waals surface area contributed by atoms with Crippen LogP contribution in [0.1, 0.15) is 36.5 Å². The number of benzene rings is 1. The molecule has 1 aromatic carbocycles. The lowest BCUT2D eigenvalue weighted by Crippen LogP contribution is -2.36. The zero-order chi connectivity index (χ0) is 15.0. The lowest BCUT2D eigenvalue weighted by Gasteiger charge is -2.14. The predicted molar refractivity (Wildman–Crippen MR) is 78.0 cm³/mol. The van der Waals surface area contributed by atoms with Gasteiger partial charge in [0.1, 0.15) is 5.25 Å². The van der Waals surface area contributed by atoms with Gasteiger partial charge in [0, 0.05) is 18.8 Å². The summed E-state index contributed by atoms with van der Waals surface area (Å²) in [5, 5.41) is 3.91. The SMILES string of the molecule is CCCCOCCC(C(=O)c1ccccc1)S(N)(=O)=O. The number of sulfonamides is 1. The number of ether oxygens (including phenoxy) is 1. The molecule has 0 amide bonds. The van der Waals surface area contributed by atoms with Crippen LogP contribution >= 0.6 is 0 Å². The van der Waals surface area contributed by atoms with Crippen molar-refractivity contribution in [1.29, 1.82) is 0 Å². The summed E-state index contributed by atoms with van der Waals surface area (Å²) < 4.78 is 28.4. The molecule has 2 N–H and O–H groups in total. The first kappa shape index (κ1) is 16.8. The van der Waals surface area contributed by atoms with E-state index in [1.54, 1.807) is 30.3 Å². The molecule has 0 spiro atoms. The van der Waals surface area contributed by atoms with E-state index in [1.807, 2.05) is 6.92 Å². The van der Waals surface area contributed by atoms with Crippen LogP contribution in [0.25, 0.3) is 0 Å². The number of hydrogen-bond acceptors (Lipinski definition) is 4. The molecule has 1 rings (SSSR count). The Balaban J connectivity index is 2.69. The topological polar surface area (TPSA) is 86.5 Å². The first-order chi connectivity index (χ1) is 9.46. The maximum Gasteiger partial charge on any atom is 0.219 e. The zero-order valence-electron chi connectivity index (χ0n) is 11.6. The van der Waals surface area contributed by atoms with Gasteiger partial charge in [0.2, 0.25) is 10.0 Å². The summed E-state index contributed by atoms with van der Waals surface area (Å²) >= 11 is 0. The molecule has 0 fully saturated rings. The van der Waals surface area contributed by atoms with E-state index >= 15 is 0 Å². The molecule has 0 aliphatic carbocycles. The number of rotatable bonds is 9. The lowest BCUT2D eigenvalue weighted by atomic mass is 10.1. The van der Waals surface area contributed by atoms with Crippen LogP contribution in [0.15, 0.2) is 30.3 Å². The molecule has 1 unspecified atom stereocenters. The summed E-state index contributed by atoms with van der Waals surface area (Å²) in [7, 11) is -3.93. The van der Waals surface area contributed by atoms with Crippen LogP contribution in [0.5, 0.6) is 0 Å². The second-order valence-corrected chi connectivity index (χ2v) is 6.31. The number of unbranched alkanes of at least 4 members (excludes halogenated alkanes) is 1. The Kier molecular flexibility index (Phi) is 6.84. The average Bonchev–Trinajstić information content (AvgIpc) is 2.42. The van der Waals surface area contributed by atoms with Gasteiger partial charge in [-0.1, -0.05) is 43.7 Å². The first-order valence-electron chi connectivity index (χ1n) is 6.65. The minimum Gasteiger partial charge on any atom is -0.381 e. The highest BCUT2D eigenvalue weighted by molar-refractivity contribution is 7.90. The minimum absolute atomic E-state index is 0.0796. The molecule has 1 atom stereocenters. The molecule has 112 valence electrons. The van der Waals surface area contributed by atoms with Crippen LogP contribution in [-0.4, -0.2) is 32.7 Å². The van der Waals surface area contributed by atoms with Gasteiger partial charge in [-0.25, -0.2) is 13.6 Å². The third-order valence-corrected chi connectivity index (χ3v) is 4.16. The third-order valence-electron chi connectivity index (χ3n) is 2.91. The van der Waals surface area contributed by atoms with E-state index in [0.717, 1.165) is 12.8 Å². The molecule has 0 saturated heterocycles. The molecule has 20 heavy (non-hydrogen) atoms. The van der Waals surface area contributed by atoms with Gasteiger partial charge < -0.3 is 4.74 Å². The highest BCUT2D eigenvalue weighted by Gasteiger charge is 2.29. The van der Waals surface area contributed by atoms with E-state index < -0.39 is 21.1 Å². The van der Waals surface area contributed by atoms with Crippen molar-refractivity contribution in [2.75, 3.05) is 13.2 Å². The van der Waals surface area contributed by atoms with Crippen LogP contribution < -0.4 is 5.14 Å². The normalized spacial score (nSPS) is 13.1. The quantitative estimate of drug-likeness (QED) is 0.556. The van der Waals surface area contributed by atoms with E-state index in [9.17, 15) is 13.2 Å². The van der Waals surface area contributed by atoms with Crippen molar-refractivity contribution in [3.05, 3.63) is 35.9 Å². The average molecular weight is 299 g/mol. The number of primary sulfonamides is 1. The molecule has 0 bridgehead atoms. The van der Waals surface area contributed by atoms with E-state index in [2.05, 4.69) is 0 Å². The molecule has 0 heterocycles. The summed E-state index contributed by atoms with van der Waals surface area (Å²) in [5.74, 6) is -0.479. The summed E-state index contributed by atoms with van der Waals surface area (Å²) in [5.41, 5.74) is 0.347. The minimum atomic E-state index is -3.93. The molecule has 0 aromatic heterocycles. The molecule has 0 saturated carbocycles. The van der Waals surface area contributed by atoms with Gasteiger partial charge in [0.25, 0.3) is 0 Å². The Bertz CT molecular complexity index is 513. The van der Waals surface area contributed by atoms with Gasteiger partial charge in [-0.15, -0.1) is 0 Å². The van der Waals surface area contributed by atoms with Crippen LogP contribution in [-0.2, 0) is 14.8 Å². The monoisotopic (exact) mass is 299 g/mol. The lowest BCUT2D eigenvalue weighted by molar-refractivity contribution is 0.0940. The van der Waals surface area contributed by atoms with Crippen molar-refractivity contribution in [2.24, 2.45) is 5.14 Å². The van der Waals surface area contributed by atoms with Gasteiger partial charge in [-0.2, -0.15) is 0 Å². The van der Waals surface area contributed by atoms with Gasteiger partial charge in [-0.05, 0) is 12.8 Å². The van der Waals surface area contributed by atoms with Crippen LogP contribution in [0, 0.1) is 0 Å². The molecule has 0 aliphatic rings. The Morgan fingerprint density at radius 2 is 1.90 bits per heavy atom. The Hall–Kier alpha value is -1.24. The maximum absolute atomic E-state index is 12.2. The Labute approximate surface area is 120 Å². The van der Waals surface area contributed by atoms with Crippen LogP contribution in [0.2, 0.25) is 0 Å². The third kappa shape index (κ3) is 5.40. The highest BCUT2D eigenvalue weighted by Crippen LogP contribution is 2.12. The summed E-state index contributed by atoms with van der Waals surface area (Å²) in [6, 6.07) is 8.30. The van der Waals surface area contributed by atoms with Crippen molar-refractivity contribution >= 4 is 15.8 Å².